The average molecular weight is 608 g/mol. The minimum atomic E-state index is 0.0478. The Bertz CT molecular complexity index is 1240. The second-order valence-electron chi connectivity index (χ2n) is 11.7. The zero-order chi connectivity index (χ0) is 30.6. The molecule has 44 heavy (non-hydrogen) atoms. The number of methoxy groups -OCH3 is 2. The Labute approximate surface area is 262 Å². The van der Waals surface area contributed by atoms with Gasteiger partial charge in [0.15, 0.2) is 0 Å². The topological polar surface area (TPSA) is 92.1 Å². The molecule has 4 atom stereocenters. The lowest BCUT2D eigenvalue weighted by atomic mass is 9.82. The maximum Gasteiger partial charge on any atom is 0.142 e. The first-order chi connectivity index (χ1) is 21.7. The Morgan fingerprint density at radius 1 is 1.02 bits per heavy atom. The Hall–Kier alpha value is -3.02. The van der Waals surface area contributed by atoms with Gasteiger partial charge < -0.3 is 33.9 Å². The lowest BCUT2D eigenvalue weighted by Gasteiger charge is -2.38. The highest BCUT2D eigenvalue weighted by molar-refractivity contribution is 5.61. The lowest BCUT2D eigenvalue weighted by Crippen LogP contribution is -2.47. The van der Waals surface area contributed by atoms with Gasteiger partial charge in [-0.2, -0.15) is 5.10 Å². The van der Waals surface area contributed by atoms with Crippen molar-refractivity contribution in [3.63, 3.8) is 0 Å². The summed E-state index contributed by atoms with van der Waals surface area (Å²) in [7, 11) is 3.45. The summed E-state index contributed by atoms with van der Waals surface area (Å²) in [5.74, 6) is 1.21. The van der Waals surface area contributed by atoms with Crippen molar-refractivity contribution in [2.45, 2.75) is 69.9 Å². The van der Waals surface area contributed by atoms with Gasteiger partial charge in [-0.1, -0.05) is 37.3 Å². The van der Waals surface area contributed by atoms with Crippen molar-refractivity contribution in [3.8, 4) is 5.75 Å². The van der Waals surface area contributed by atoms with Crippen LogP contribution in [-0.2, 0) is 32.2 Å². The summed E-state index contributed by atoms with van der Waals surface area (Å²) >= 11 is 0. The van der Waals surface area contributed by atoms with Gasteiger partial charge in [0.1, 0.15) is 25.0 Å². The summed E-state index contributed by atoms with van der Waals surface area (Å²) in [6, 6.07) is 16.0. The zero-order valence-corrected chi connectivity index (χ0v) is 26.5. The van der Waals surface area contributed by atoms with Crippen LogP contribution in [0.2, 0.25) is 0 Å². The first kappa shape index (κ1) is 32.4. The van der Waals surface area contributed by atoms with Crippen molar-refractivity contribution in [2.75, 3.05) is 65.2 Å². The number of piperidine rings is 1. The fourth-order valence-corrected chi connectivity index (χ4v) is 6.30. The molecular formula is C34H49N5O5. The van der Waals surface area contributed by atoms with Crippen LogP contribution in [0.3, 0.4) is 0 Å². The summed E-state index contributed by atoms with van der Waals surface area (Å²) in [5, 5.41) is 8.24. The van der Waals surface area contributed by atoms with Gasteiger partial charge >= 0.3 is 0 Å². The number of hydrogen-bond donors (Lipinski definition) is 1. The molecule has 0 saturated carbocycles. The summed E-state index contributed by atoms with van der Waals surface area (Å²) in [4.78, 5) is 6.58. The molecule has 2 aliphatic heterocycles. The normalized spacial score (nSPS) is 20.7. The van der Waals surface area contributed by atoms with Crippen LogP contribution in [0, 0.1) is 0 Å². The molecule has 1 unspecified atom stereocenters. The molecule has 0 amide bonds. The van der Waals surface area contributed by atoms with E-state index in [1.807, 2.05) is 11.0 Å². The number of fused-ring (bicyclic) bond motifs is 1. The third kappa shape index (κ3) is 8.79. The quantitative estimate of drug-likeness (QED) is 0.218. The molecule has 3 aromatic rings. The van der Waals surface area contributed by atoms with Crippen molar-refractivity contribution >= 4 is 5.69 Å². The molecule has 0 spiro atoms. The molecule has 2 aliphatic rings. The van der Waals surface area contributed by atoms with E-state index in [1.165, 1.54) is 5.56 Å². The van der Waals surface area contributed by atoms with Gasteiger partial charge in [0, 0.05) is 45.9 Å². The van der Waals surface area contributed by atoms with E-state index in [4.69, 9.17) is 23.7 Å². The molecule has 5 rings (SSSR count). The minimum absolute atomic E-state index is 0.0478. The molecule has 240 valence electrons. The molecule has 0 aliphatic carbocycles. The third-order valence-corrected chi connectivity index (χ3v) is 8.77. The number of anilines is 1. The molecular weight excluding hydrogens is 558 g/mol. The van der Waals surface area contributed by atoms with Gasteiger partial charge in [-0.05, 0) is 54.5 Å². The summed E-state index contributed by atoms with van der Waals surface area (Å²) in [6.45, 7) is 8.64. The van der Waals surface area contributed by atoms with Gasteiger partial charge in [0.05, 0.1) is 50.8 Å². The standard InChI is InChI=1S/C34H49N5O5/c1-4-30(39-25-35-24-37-39)19-29-20-31(28-9-6-26(7-10-28)22-42-17-16-41-3)34(21-36-29)44-23-27-8-11-33-32(18-27)38(13-15-43-33)12-5-14-40-2/h6-11,18,24-25,29-31,34,36H,4-5,12-17,19-23H2,1-3H3/t29-,30?,31+,34-/m0/s1. The Morgan fingerprint density at radius 3 is 2.64 bits per heavy atom. The van der Waals surface area contributed by atoms with E-state index in [-0.39, 0.29) is 12.0 Å². The van der Waals surface area contributed by atoms with Crippen LogP contribution >= 0.6 is 0 Å². The van der Waals surface area contributed by atoms with Gasteiger partial charge in [-0.25, -0.2) is 9.67 Å². The fraction of sp³-hybridized carbons (Fsp3) is 0.588. The highest BCUT2D eigenvalue weighted by atomic mass is 16.5. The summed E-state index contributed by atoms with van der Waals surface area (Å²) < 4.78 is 30.8. The van der Waals surface area contributed by atoms with Crippen molar-refractivity contribution in [1.29, 1.82) is 0 Å². The summed E-state index contributed by atoms with van der Waals surface area (Å²) in [6.07, 6.45) is 7.48. The largest absolute Gasteiger partial charge is 0.490 e. The number of nitrogens with one attached hydrogen (secondary N) is 1. The third-order valence-electron chi connectivity index (χ3n) is 8.77. The fourth-order valence-electron chi connectivity index (χ4n) is 6.30. The van der Waals surface area contributed by atoms with E-state index in [0.29, 0.717) is 45.1 Å². The maximum atomic E-state index is 6.73. The van der Waals surface area contributed by atoms with Crippen molar-refractivity contribution in [1.82, 2.24) is 20.1 Å². The Balaban J connectivity index is 1.27. The first-order valence-electron chi connectivity index (χ1n) is 16.0. The number of ether oxygens (including phenoxy) is 5. The van der Waals surface area contributed by atoms with Crippen molar-refractivity contribution < 1.29 is 23.7 Å². The molecule has 0 radical (unpaired) electrons. The molecule has 10 nitrogen and oxygen atoms in total. The van der Waals surface area contributed by atoms with E-state index >= 15 is 0 Å². The number of aromatic nitrogens is 3. The second kappa shape index (κ2) is 16.9. The number of benzene rings is 2. The van der Waals surface area contributed by atoms with Crippen LogP contribution in [0.15, 0.2) is 55.1 Å². The molecule has 1 fully saturated rings. The van der Waals surface area contributed by atoms with Crippen molar-refractivity contribution in [2.24, 2.45) is 0 Å². The molecule has 10 heteroatoms. The molecule has 1 aromatic heterocycles. The van der Waals surface area contributed by atoms with Crippen LogP contribution in [0.5, 0.6) is 5.75 Å². The predicted octanol–water partition coefficient (Wildman–Crippen LogP) is 4.75. The minimum Gasteiger partial charge on any atom is -0.490 e. The van der Waals surface area contributed by atoms with E-state index < -0.39 is 0 Å². The number of rotatable bonds is 17. The van der Waals surface area contributed by atoms with Gasteiger partial charge in [-0.15, -0.1) is 0 Å². The van der Waals surface area contributed by atoms with Gasteiger partial charge in [0.2, 0.25) is 0 Å². The number of hydrogen-bond acceptors (Lipinski definition) is 9. The highest BCUT2D eigenvalue weighted by Crippen LogP contribution is 2.36. The first-order valence-corrected chi connectivity index (χ1v) is 16.0. The maximum absolute atomic E-state index is 6.73. The van der Waals surface area contributed by atoms with Crippen molar-refractivity contribution in [3.05, 3.63) is 71.8 Å². The lowest BCUT2D eigenvalue weighted by molar-refractivity contribution is 0.00102. The van der Waals surface area contributed by atoms with Crippen LogP contribution in [0.1, 0.15) is 61.3 Å². The number of nitrogens with zero attached hydrogens (tertiary/aromatic N) is 4. The van der Waals surface area contributed by atoms with Crippen LogP contribution in [-0.4, -0.2) is 87.2 Å². The summed E-state index contributed by atoms with van der Waals surface area (Å²) in [5.41, 5.74) is 4.77. The Morgan fingerprint density at radius 2 is 1.86 bits per heavy atom. The molecule has 2 aromatic carbocycles. The highest BCUT2D eigenvalue weighted by Gasteiger charge is 2.33. The molecule has 0 bridgehead atoms. The van der Waals surface area contributed by atoms with Gasteiger partial charge in [0.25, 0.3) is 0 Å². The van der Waals surface area contributed by atoms with E-state index in [9.17, 15) is 0 Å². The molecule has 3 heterocycles. The van der Waals surface area contributed by atoms with Crippen LogP contribution < -0.4 is 15.0 Å². The van der Waals surface area contributed by atoms with Crippen LogP contribution in [0.4, 0.5) is 5.69 Å². The van der Waals surface area contributed by atoms with E-state index in [0.717, 1.165) is 74.5 Å². The monoisotopic (exact) mass is 607 g/mol. The van der Waals surface area contributed by atoms with E-state index in [1.54, 1.807) is 20.5 Å². The second-order valence-corrected chi connectivity index (χ2v) is 11.7. The smallest absolute Gasteiger partial charge is 0.142 e. The predicted molar refractivity (Wildman–Crippen MR) is 170 cm³/mol. The SMILES string of the molecule is CCC(C[C@H]1C[C@H](c2ccc(COCCOC)cc2)[C@@H](OCc2ccc3c(c2)N(CCCOC)CCO3)CN1)n1cncn1. The Kier molecular flexibility index (Phi) is 12.4. The molecule has 1 saturated heterocycles. The molecule has 1 N–H and O–H groups in total. The van der Waals surface area contributed by atoms with Crippen LogP contribution in [0.25, 0.3) is 0 Å². The van der Waals surface area contributed by atoms with Gasteiger partial charge in [-0.3, -0.25) is 0 Å². The zero-order valence-electron chi connectivity index (χ0n) is 26.5. The van der Waals surface area contributed by atoms with E-state index in [2.05, 4.69) is 69.7 Å². The average Bonchev–Trinajstić information content (AvgIpc) is 3.60.